The topological polar surface area (TPSA) is 67.4 Å². The number of aryl methyl sites for hydroxylation is 1. The molecule has 156 valence electrons. The van der Waals surface area contributed by atoms with Crippen molar-refractivity contribution >= 4 is 22.8 Å². The van der Waals surface area contributed by atoms with Crippen molar-refractivity contribution in [2.24, 2.45) is 0 Å². The Labute approximate surface area is 177 Å². The maximum absolute atomic E-state index is 13.1. The minimum absolute atomic E-state index is 0.0514. The lowest BCUT2D eigenvalue weighted by Gasteiger charge is -2.31. The SMILES string of the molecule is C=CCN(c1nc2ccccc2nc1C)C(CC)C(=O)NCc1ccc(OC)cc1. The molecule has 6 nitrogen and oxygen atoms in total. The largest absolute Gasteiger partial charge is 0.497 e. The highest BCUT2D eigenvalue weighted by molar-refractivity contribution is 5.86. The third-order valence-corrected chi connectivity index (χ3v) is 5.01. The zero-order valence-corrected chi connectivity index (χ0v) is 17.8. The number of fused-ring (bicyclic) bond motifs is 1. The second-order valence-corrected chi connectivity index (χ2v) is 7.05. The van der Waals surface area contributed by atoms with Crippen LogP contribution in [0.3, 0.4) is 0 Å². The molecule has 0 saturated carbocycles. The molecule has 0 aliphatic carbocycles. The van der Waals surface area contributed by atoms with Crippen LogP contribution in [0.1, 0.15) is 24.6 Å². The Morgan fingerprint density at radius 1 is 1.17 bits per heavy atom. The Morgan fingerprint density at radius 2 is 1.83 bits per heavy atom. The van der Waals surface area contributed by atoms with Gasteiger partial charge in [0.15, 0.2) is 5.82 Å². The Hall–Kier alpha value is -3.41. The number of hydrogen-bond acceptors (Lipinski definition) is 5. The van der Waals surface area contributed by atoms with Crippen molar-refractivity contribution in [2.45, 2.75) is 32.9 Å². The average molecular weight is 405 g/mol. The number of carbonyl (C=O) groups is 1. The number of amides is 1. The maximum Gasteiger partial charge on any atom is 0.243 e. The maximum atomic E-state index is 13.1. The molecule has 0 radical (unpaired) electrons. The molecule has 6 heteroatoms. The van der Waals surface area contributed by atoms with E-state index < -0.39 is 0 Å². The molecule has 3 rings (SSSR count). The van der Waals surface area contributed by atoms with Crippen LogP contribution in [0.2, 0.25) is 0 Å². The van der Waals surface area contributed by atoms with Crippen LogP contribution in [0.15, 0.2) is 61.2 Å². The Morgan fingerprint density at radius 3 is 2.43 bits per heavy atom. The monoisotopic (exact) mass is 404 g/mol. The van der Waals surface area contributed by atoms with Crippen LogP contribution in [0.25, 0.3) is 11.0 Å². The summed E-state index contributed by atoms with van der Waals surface area (Å²) in [6.45, 7) is 8.74. The second-order valence-electron chi connectivity index (χ2n) is 7.05. The first-order valence-electron chi connectivity index (χ1n) is 10.1. The molecule has 0 aliphatic heterocycles. The van der Waals surface area contributed by atoms with Gasteiger partial charge in [0, 0.05) is 13.1 Å². The molecule has 0 saturated heterocycles. The summed E-state index contributed by atoms with van der Waals surface area (Å²) in [6, 6.07) is 15.0. The van der Waals surface area contributed by atoms with Crippen molar-refractivity contribution in [3.05, 3.63) is 72.4 Å². The molecule has 1 N–H and O–H groups in total. The molecule has 30 heavy (non-hydrogen) atoms. The van der Waals surface area contributed by atoms with E-state index in [1.165, 1.54) is 0 Å². The van der Waals surface area contributed by atoms with E-state index in [0.717, 1.165) is 28.0 Å². The summed E-state index contributed by atoms with van der Waals surface area (Å²) in [6.07, 6.45) is 2.42. The summed E-state index contributed by atoms with van der Waals surface area (Å²) in [5, 5.41) is 3.05. The highest BCUT2D eigenvalue weighted by atomic mass is 16.5. The number of benzene rings is 2. The first-order chi connectivity index (χ1) is 14.6. The number of methoxy groups -OCH3 is 1. The van der Waals surface area contributed by atoms with Gasteiger partial charge < -0.3 is 15.0 Å². The first kappa shape index (κ1) is 21.3. The van der Waals surface area contributed by atoms with E-state index in [1.807, 2.05) is 67.3 Å². The van der Waals surface area contributed by atoms with Gasteiger partial charge >= 0.3 is 0 Å². The smallest absolute Gasteiger partial charge is 0.243 e. The lowest BCUT2D eigenvalue weighted by Crippen LogP contribution is -2.47. The van der Waals surface area contributed by atoms with Crippen molar-refractivity contribution in [3.63, 3.8) is 0 Å². The third kappa shape index (κ3) is 4.76. The average Bonchev–Trinajstić information content (AvgIpc) is 2.77. The fraction of sp³-hybridized carbons (Fsp3) is 0.292. The van der Waals surface area contributed by atoms with E-state index in [2.05, 4.69) is 16.9 Å². The van der Waals surface area contributed by atoms with E-state index >= 15 is 0 Å². The molecule has 1 unspecified atom stereocenters. The lowest BCUT2D eigenvalue weighted by molar-refractivity contribution is -0.122. The number of rotatable bonds is 9. The quantitative estimate of drug-likeness (QED) is 0.545. The van der Waals surface area contributed by atoms with Gasteiger partial charge in [-0.15, -0.1) is 6.58 Å². The minimum atomic E-state index is -0.379. The molecule has 0 aliphatic rings. The van der Waals surface area contributed by atoms with E-state index in [0.29, 0.717) is 25.3 Å². The number of carbonyl (C=O) groups excluding carboxylic acids is 1. The lowest BCUT2D eigenvalue weighted by atomic mass is 10.1. The van der Waals surface area contributed by atoms with Crippen LogP contribution in [0.4, 0.5) is 5.82 Å². The highest BCUT2D eigenvalue weighted by Gasteiger charge is 2.26. The summed E-state index contributed by atoms with van der Waals surface area (Å²) in [7, 11) is 1.63. The number of ether oxygens (including phenoxy) is 1. The summed E-state index contributed by atoms with van der Waals surface area (Å²) in [4.78, 5) is 24.5. The van der Waals surface area contributed by atoms with Crippen LogP contribution in [-0.2, 0) is 11.3 Å². The van der Waals surface area contributed by atoms with Gasteiger partial charge in [-0.2, -0.15) is 0 Å². The minimum Gasteiger partial charge on any atom is -0.497 e. The molecule has 1 aromatic heterocycles. The molecule has 1 atom stereocenters. The molecule has 2 aromatic carbocycles. The zero-order valence-electron chi connectivity index (χ0n) is 17.8. The molecule has 0 bridgehead atoms. The van der Waals surface area contributed by atoms with Crippen LogP contribution in [-0.4, -0.2) is 35.6 Å². The molecular formula is C24H28N4O2. The van der Waals surface area contributed by atoms with Crippen molar-refractivity contribution in [1.29, 1.82) is 0 Å². The summed E-state index contributed by atoms with van der Waals surface area (Å²) in [5.74, 6) is 1.45. The van der Waals surface area contributed by atoms with Crippen molar-refractivity contribution in [1.82, 2.24) is 15.3 Å². The van der Waals surface area contributed by atoms with E-state index in [4.69, 9.17) is 9.72 Å². The van der Waals surface area contributed by atoms with Crippen molar-refractivity contribution in [2.75, 3.05) is 18.6 Å². The fourth-order valence-corrected chi connectivity index (χ4v) is 3.45. The molecule has 3 aromatic rings. The normalized spacial score (nSPS) is 11.7. The predicted octanol–water partition coefficient (Wildman–Crippen LogP) is 4.03. The van der Waals surface area contributed by atoms with Gasteiger partial charge in [-0.05, 0) is 43.2 Å². The molecular weight excluding hydrogens is 376 g/mol. The van der Waals surface area contributed by atoms with Gasteiger partial charge in [-0.25, -0.2) is 9.97 Å². The summed E-state index contributed by atoms with van der Waals surface area (Å²) >= 11 is 0. The number of aromatic nitrogens is 2. The first-order valence-corrected chi connectivity index (χ1v) is 10.1. The van der Waals surface area contributed by atoms with E-state index in [1.54, 1.807) is 13.2 Å². The Bertz CT molecular complexity index is 1020. The van der Waals surface area contributed by atoms with Gasteiger partial charge in [0.2, 0.25) is 5.91 Å². The number of nitrogens with one attached hydrogen (secondary N) is 1. The van der Waals surface area contributed by atoms with Gasteiger partial charge in [0.1, 0.15) is 11.8 Å². The third-order valence-electron chi connectivity index (χ3n) is 5.01. The van der Waals surface area contributed by atoms with Gasteiger partial charge in [-0.3, -0.25) is 4.79 Å². The van der Waals surface area contributed by atoms with E-state index in [-0.39, 0.29) is 11.9 Å². The van der Waals surface area contributed by atoms with Crippen LogP contribution < -0.4 is 15.0 Å². The van der Waals surface area contributed by atoms with Crippen LogP contribution in [0.5, 0.6) is 5.75 Å². The number of para-hydroxylation sites is 2. The van der Waals surface area contributed by atoms with Crippen molar-refractivity contribution < 1.29 is 9.53 Å². The Kier molecular flexibility index (Phi) is 7.01. The second kappa shape index (κ2) is 9.87. The van der Waals surface area contributed by atoms with Crippen molar-refractivity contribution in [3.8, 4) is 5.75 Å². The summed E-state index contributed by atoms with van der Waals surface area (Å²) in [5.41, 5.74) is 3.45. The molecule has 1 heterocycles. The summed E-state index contributed by atoms with van der Waals surface area (Å²) < 4.78 is 5.18. The van der Waals surface area contributed by atoms with Gasteiger partial charge in [-0.1, -0.05) is 37.3 Å². The number of hydrogen-bond donors (Lipinski definition) is 1. The van der Waals surface area contributed by atoms with Crippen LogP contribution in [0, 0.1) is 6.92 Å². The molecule has 0 fully saturated rings. The zero-order chi connectivity index (χ0) is 21.5. The highest BCUT2D eigenvalue weighted by Crippen LogP contribution is 2.23. The van der Waals surface area contributed by atoms with Gasteiger partial charge in [0.25, 0.3) is 0 Å². The number of nitrogens with zero attached hydrogens (tertiary/aromatic N) is 3. The Balaban J connectivity index is 1.82. The predicted molar refractivity (Wildman–Crippen MR) is 121 cm³/mol. The van der Waals surface area contributed by atoms with Gasteiger partial charge in [0.05, 0.1) is 23.8 Å². The van der Waals surface area contributed by atoms with E-state index in [9.17, 15) is 4.79 Å². The fourth-order valence-electron chi connectivity index (χ4n) is 3.45. The number of anilines is 1. The standard InChI is InChI=1S/C24H28N4O2/c1-5-15-28(23-17(3)26-20-9-7-8-10-21(20)27-23)22(6-2)24(29)25-16-18-11-13-19(30-4)14-12-18/h5,7-14,22H,1,6,15-16H2,2-4H3,(H,25,29). The molecule has 1 amide bonds. The van der Waals surface area contributed by atoms with Crippen LogP contribution >= 0.6 is 0 Å². The molecule has 0 spiro atoms.